The van der Waals surface area contributed by atoms with E-state index in [0.29, 0.717) is 12.1 Å². The summed E-state index contributed by atoms with van der Waals surface area (Å²) >= 11 is 0. The molecule has 5 nitrogen and oxygen atoms in total. The van der Waals surface area contributed by atoms with Crippen LogP contribution in [0.4, 0.5) is 0 Å². The molecule has 0 N–H and O–H groups in total. The zero-order valence-corrected chi connectivity index (χ0v) is 11.1. The third-order valence-electron chi connectivity index (χ3n) is 3.62. The van der Waals surface area contributed by atoms with Gasteiger partial charge >= 0.3 is 0 Å². The fraction of sp³-hybridized carbons (Fsp3) is 0.333. The first-order chi connectivity index (χ1) is 9.84. The van der Waals surface area contributed by atoms with Crippen LogP contribution in [0.5, 0.6) is 0 Å². The zero-order chi connectivity index (χ0) is 13.8. The molecule has 1 atom stereocenters. The number of likely N-dealkylation sites (tertiary alicyclic amines) is 1. The number of hydrogen-bond acceptors (Lipinski definition) is 4. The second kappa shape index (κ2) is 5.77. The van der Waals surface area contributed by atoms with Gasteiger partial charge in [0.1, 0.15) is 0 Å². The fourth-order valence-corrected chi connectivity index (χ4v) is 2.60. The van der Waals surface area contributed by atoms with Crippen molar-refractivity contribution in [3.63, 3.8) is 0 Å². The van der Waals surface area contributed by atoms with Crippen LogP contribution in [0.3, 0.4) is 0 Å². The van der Waals surface area contributed by atoms with Crippen LogP contribution in [0.1, 0.15) is 34.8 Å². The number of nitrogens with zero attached hydrogens (tertiary/aromatic N) is 4. The van der Waals surface area contributed by atoms with Crippen LogP contribution in [0.2, 0.25) is 0 Å². The number of carbonyl (C=O) groups excluding carboxylic acids is 1. The van der Waals surface area contributed by atoms with Crippen LogP contribution >= 0.6 is 0 Å². The minimum atomic E-state index is 0.0479. The number of amides is 1. The van der Waals surface area contributed by atoms with Crippen LogP contribution in [-0.4, -0.2) is 38.8 Å². The number of rotatable bonds is 2. The number of piperidine rings is 1. The predicted molar refractivity (Wildman–Crippen MR) is 74.1 cm³/mol. The highest BCUT2D eigenvalue weighted by Gasteiger charge is 2.26. The standard InChI is InChI=1S/C15H16N4O/c20-15(12-3-1-5-16-9-12)19-8-2-4-13(11-19)14-10-17-6-7-18-14/h1,3,5-7,9-10,13H,2,4,8,11H2. The molecule has 1 aliphatic heterocycles. The highest BCUT2D eigenvalue weighted by atomic mass is 16.2. The summed E-state index contributed by atoms with van der Waals surface area (Å²) in [6, 6.07) is 3.60. The Morgan fingerprint density at radius 1 is 1.20 bits per heavy atom. The zero-order valence-electron chi connectivity index (χ0n) is 11.1. The van der Waals surface area contributed by atoms with Gasteiger partial charge in [-0.1, -0.05) is 0 Å². The molecule has 0 aromatic carbocycles. The van der Waals surface area contributed by atoms with Crippen molar-refractivity contribution in [1.82, 2.24) is 19.9 Å². The molecule has 20 heavy (non-hydrogen) atoms. The van der Waals surface area contributed by atoms with Crippen molar-refractivity contribution < 1.29 is 4.79 Å². The van der Waals surface area contributed by atoms with E-state index in [2.05, 4.69) is 15.0 Å². The number of pyridine rings is 1. The first kappa shape index (κ1) is 12.7. The topological polar surface area (TPSA) is 59.0 Å². The lowest BCUT2D eigenvalue weighted by Crippen LogP contribution is -2.39. The molecule has 0 spiro atoms. The summed E-state index contributed by atoms with van der Waals surface area (Å²) in [5.74, 6) is 0.324. The Kier molecular flexibility index (Phi) is 3.67. The lowest BCUT2D eigenvalue weighted by Gasteiger charge is -2.32. The van der Waals surface area contributed by atoms with Crippen LogP contribution in [0, 0.1) is 0 Å². The van der Waals surface area contributed by atoms with Crippen LogP contribution in [0.15, 0.2) is 43.1 Å². The SMILES string of the molecule is O=C(c1cccnc1)N1CCCC(c2cnccn2)C1. The van der Waals surface area contributed by atoms with Gasteiger partial charge in [0.25, 0.3) is 5.91 Å². The van der Waals surface area contributed by atoms with Crippen molar-refractivity contribution in [2.24, 2.45) is 0 Å². The van der Waals surface area contributed by atoms with E-state index in [1.807, 2.05) is 4.90 Å². The van der Waals surface area contributed by atoms with Gasteiger partial charge in [-0.3, -0.25) is 19.7 Å². The first-order valence-electron chi connectivity index (χ1n) is 6.80. The van der Waals surface area contributed by atoms with E-state index in [4.69, 9.17) is 0 Å². The molecular weight excluding hydrogens is 252 g/mol. The number of aromatic nitrogens is 3. The number of carbonyl (C=O) groups is 1. The van der Waals surface area contributed by atoms with E-state index in [-0.39, 0.29) is 11.8 Å². The van der Waals surface area contributed by atoms with E-state index < -0.39 is 0 Å². The molecule has 0 radical (unpaired) electrons. The van der Waals surface area contributed by atoms with E-state index >= 15 is 0 Å². The minimum Gasteiger partial charge on any atom is -0.338 e. The maximum absolute atomic E-state index is 12.4. The van der Waals surface area contributed by atoms with Crippen molar-refractivity contribution in [2.75, 3.05) is 13.1 Å². The van der Waals surface area contributed by atoms with E-state index in [1.165, 1.54) is 0 Å². The predicted octanol–water partition coefficient (Wildman–Crippen LogP) is 1.89. The third kappa shape index (κ3) is 2.66. The van der Waals surface area contributed by atoms with Crippen molar-refractivity contribution in [3.8, 4) is 0 Å². The molecule has 3 rings (SSSR count). The summed E-state index contributed by atoms with van der Waals surface area (Å²) < 4.78 is 0. The van der Waals surface area contributed by atoms with Gasteiger partial charge in [-0.05, 0) is 25.0 Å². The van der Waals surface area contributed by atoms with Gasteiger partial charge in [0.2, 0.25) is 0 Å². The van der Waals surface area contributed by atoms with Crippen molar-refractivity contribution in [3.05, 3.63) is 54.4 Å². The molecular formula is C15H16N4O. The quantitative estimate of drug-likeness (QED) is 0.834. The third-order valence-corrected chi connectivity index (χ3v) is 3.62. The van der Waals surface area contributed by atoms with E-state index in [1.54, 1.807) is 43.1 Å². The molecule has 1 fully saturated rings. The van der Waals surface area contributed by atoms with E-state index in [9.17, 15) is 4.79 Å². The molecule has 0 bridgehead atoms. The molecule has 1 unspecified atom stereocenters. The molecule has 102 valence electrons. The summed E-state index contributed by atoms with van der Waals surface area (Å²) in [6.45, 7) is 1.50. The molecule has 2 aromatic rings. The molecule has 1 aliphatic rings. The largest absolute Gasteiger partial charge is 0.338 e. The summed E-state index contributed by atoms with van der Waals surface area (Å²) in [7, 11) is 0. The highest BCUT2D eigenvalue weighted by Crippen LogP contribution is 2.25. The van der Waals surface area contributed by atoms with Gasteiger partial charge in [-0.2, -0.15) is 0 Å². The smallest absolute Gasteiger partial charge is 0.255 e. The van der Waals surface area contributed by atoms with Gasteiger partial charge in [-0.15, -0.1) is 0 Å². The average molecular weight is 268 g/mol. The van der Waals surface area contributed by atoms with Crippen molar-refractivity contribution in [2.45, 2.75) is 18.8 Å². The highest BCUT2D eigenvalue weighted by molar-refractivity contribution is 5.93. The Labute approximate surface area is 117 Å². The first-order valence-corrected chi connectivity index (χ1v) is 6.80. The Hall–Kier alpha value is -2.30. The molecule has 5 heteroatoms. The van der Waals surface area contributed by atoms with Gasteiger partial charge < -0.3 is 4.90 Å². The molecule has 1 saturated heterocycles. The van der Waals surface area contributed by atoms with Gasteiger partial charge in [0, 0.05) is 50.0 Å². The summed E-state index contributed by atoms with van der Waals surface area (Å²) in [5, 5.41) is 0. The van der Waals surface area contributed by atoms with Gasteiger partial charge in [-0.25, -0.2) is 0 Å². The van der Waals surface area contributed by atoms with Gasteiger partial charge in [0.05, 0.1) is 11.3 Å². The van der Waals surface area contributed by atoms with Crippen LogP contribution in [0.25, 0.3) is 0 Å². The number of hydrogen-bond donors (Lipinski definition) is 0. The molecule has 3 heterocycles. The minimum absolute atomic E-state index is 0.0479. The lowest BCUT2D eigenvalue weighted by molar-refractivity contribution is 0.0705. The monoisotopic (exact) mass is 268 g/mol. The van der Waals surface area contributed by atoms with E-state index in [0.717, 1.165) is 25.1 Å². The lowest BCUT2D eigenvalue weighted by atomic mass is 9.94. The average Bonchev–Trinajstić information content (AvgIpc) is 2.56. The summed E-state index contributed by atoms with van der Waals surface area (Å²) in [5.41, 5.74) is 1.61. The van der Waals surface area contributed by atoms with Gasteiger partial charge in [0.15, 0.2) is 0 Å². The summed E-state index contributed by atoms with van der Waals surface area (Å²) in [6.07, 6.45) is 10.5. The second-order valence-corrected chi connectivity index (χ2v) is 4.96. The maximum Gasteiger partial charge on any atom is 0.255 e. The Morgan fingerprint density at radius 2 is 2.10 bits per heavy atom. The molecule has 2 aromatic heterocycles. The Balaban J connectivity index is 1.74. The van der Waals surface area contributed by atoms with Crippen molar-refractivity contribution in [1.29, 1.82) is 0 Å². The fourth-order valence-electron chi connectivity index (χ4n) is 2.60. The summed E-state index contributed by atoms with van der Waals surface area (Å²) in [4.78, 5) is 26.8. The molecule has 1 amide bonds. The maximum atomic E-state index is 12.4. The Morgan fingerprint density at radius 3 is 2.85 bits per heavy atom. The molecule has 0 aliphatic carbocycles. The normalized spacial score (nSPS) is 18.8. The molecule has 0 saturated carbocycles. The second-order valence-electron chi connectivity index (χ2n) is 4.96. The Bertz CT molecular complexity index is 573. The van der Waals surface area contributed by atoms with Crippen LogP contribution < -0.4 is 0 Å². The van der Waals surface area contributed by atoms with Crippen molar-refractivity contribution >= 4 is 5.91 Å². The van der Waals surface area contributed by atoms with Crippen LogP contribution in [-0.2, 0) is 0 Å².